The van der Waals surface area contributed by atoms with Gasteiger partial charge >= 0.3 is 5.63 Å². The third kappa shape index (κ3) is 4.14. The first-order valence-corrected chi connectivity index (χ1v) is 10.8. The number of hydrogen-bond acceptors (Lipinski definition) is 5. The number of aryl methyl sites for hydroxylation is 1. The van der Waals surface area contributed by atoms with E-state index in [4.69, 9.17) is 8.83 Å². The normalized spacial score (nSPS) is 11.0. The molecule has 1 amide bonds. The maximum absolute atomic E-state index is 12.9. The van der Waals surface area contributed by atoms with Crippen LogP contribution in [0.25, 0.3) is 33.4 Å². The Balaban J connectivity index is 1.40. The summed E-state index contributed by atoms with van der Waals surface area (Å²) in [5.74, 6) is 0.855. The molecular weight excluding hydrogens is 430 g/mol. The average molecular weight is 451 g/mol. The van der Waals surface area contributed by atoms with Gasteiger partial charge in [0, 0.05) is 22.2 Å². The Kier molecular flexibility index (Phi) is 5.57. The van der Waals surface area contributed by atoms with Gasteiger partial charge in [0.25, 0.3) is 5.91 Å². The van der Waals surface area contributed by atoms with Gasteiger partial charge in [0.2, 0.25) is 0 Å². The summed E-state index contributed by atoms with van der Waals surface area (Å²) < 4.78 is 11.0. The van der Waals surface area contributed by atoms with E-state index < -0.39 is 5.63 Å². The molecule has 2 aromatic heterocycles. The van der Waals surface area contributed by atoms with Crippen LogP contribution in [-0.4, -0.2) is 11.0 Å². The number of carbonyl (C=O) groups is 1. The van der Waals surface area contributed by atoms with Crippen LogP contribution < -0.4 is 10.9 Å². The van der Waals surface area contributed by atoms with Crippen LogP contribution in [0, 0.1) is 6.92 Å². The third-order valence-corrected chi connectivity index (χ3v) is 5.64. The van der Waals surface area contributed by atoms with E-state index in [9.17, 15) is 14.7 Å². The summed E-state index contributed by atoms with van der Waals surface area (Å²) in [6, 6.07) is 25.0. The van der Waals surface area contributed by atoms with E-state index in [1.54, 1.807) is 54.6 Å². The number of aliphatic hydroxyl groups is 1. The molecular formula is C28H21NO5. The van der Waals surface area contributed by atoms with Gasteiger partial charge in [-0.25, -0.2) is 4.79 Å². The minimum atomic E-state index is -0.454. The Morgan fingerprint density at radius 3 is 2.53 bits per heavy atom. The number of hydrogen-bond donors (Lipinski definition) is 2. The van der Waals surface area contributed by atoms with Crippen molar-refractivity contribution in [2.45, 2.75) is 13.5 Å². The molecule has 5 aromatic rings. The molecule has 3 aromatic carbocycles. The zero-order chi connectivity index (χ0) is 23.7. The molecule has 6 heteroatoms. The lowest BCUT2D eigenvalue weighted by atomic mass is 10.0. The number of rotatable bonds is 5. The standard InChI is InChI=1S/C28H21NO5/c1-17-13-21(9-11-23(17)26-12-10-22(16-30)33-26)29-27(31)20-7-4-6-18(14-20)24-15-19-5-2-3-8-25(19)34-28(24)32/h2-15,30H,16H2,1H3,(H,29,31). The van der Waals surface area contributed by atoms with Crippen molar-refractivity contribution in [1.82, 2.24) is 0 Å². The Bertz CT molecular complexity index is 1580. The number of nitrogens with one attached hydrogen (secondary N) is 1. The van der Waals surface area contributed by atoms with E-state index in [2.05, 4.69) is 5.32 Å². The first kappa shape index (κ1) is 21.4. The fourth-order valence-corrected chi connectivity index (χ4v) is 3.92. The quantitative estimate of drug-likeness (QED) is 0.331. The maximum atomic E-state index is 12.9. The van der Waals surface area contributed by atoms with E-state index in [1.807, 2.05) is 37.3 Å². The van der Waals surface area contributed by atoms with E-state index in [0.717, 1.165) is 16.5 Å². The summed E-state index contributed by atoms with van der Waals surface area (Å²) in [5.41, 5.74) is 3.92. The topological polar surface area (TPSA) is 92.7 Å². The average Bonchev–Trinajstić information content (AvgIpc) is 3.33. The molecule has 0 radical (unpaired) electrons. The zero-order valence-corrected chi connectivity index (χ0v) is 18.4. The van der Waals surface area contributed by atoms with E-state index in [0.29, 0.717) is 39.5 Å². The van der Waals surface area contributed by atoms with Crippen LogP contribution in [-0.2, 0) is 6.61 Å². The molecule has 168 valence electrons. The summed E-state index contributed by atoms with van der Waals surface area (Å²) in [6.45, 7) is 1.76. The Morgan fingerprint density at radius 1 is 0.882 bits per heavy atom. The van der Waals surface area contributed by atoms with Crippen molar-refractivity contribution < 1.29 is 18.7 Å². The van der Waals surface area contributed by atoms with E-state index in [1.165, 1.54) is 0 Å². The van der Waals surface area contributed by atoms with Crippen molar-refractivity contribution in [2.75, 3.05) is 5.32 Å². The minimum absolute atomic E-state index is 0.159. The molecule has 5 rings (SSSR count). The Morgan fingerprint density at radius 2 is 1.74 bits per heavy atom. The van der Waals surface area contributed by atoms with Crippen molar-refractivity contribution in [2.24, 2.45) is 0 Å². The van der Waals surface area contributed by atoms with Crippen LogP contribution in [0.2, 0.25) is 0 Å². The summed E-state index contributed by atoms with van der Waals surface area (Å²) in [4.78, 5) is 25.5. The molecule has 2 N–H and O–H groups in total. The van der Waals surface area contributed by atoms with Crippen LogP contribution in [0.4, 0.5) is 5.69 Å². The number of anilines is 1. The van der Waals surface area contributed by atoms with Gasteiger partial charge in [-0.3, -0.25) is 4.79 Å². The number of furan rings is 1. The van der Waals surface area contributed by atoms with Gasteiger partial charge < -0.3 is 19.3 Å². The lowest BCUT2D eigenvalue weighted by Gasteiger charge is -2.10. The van der Waals surface area contributed by atoms with Gasteiger partial charge in [-0.05, 0) is 72.6 Å². The van der Waals surface area contributed by atoms with E-state index in [-0.39, 0.29) is 12.5 Å². The van der Waals surface area contributed by atoms with Gasteiger partial charge in [-0.2, -0.15) is 0 Å². The zero-order valence-electron chi connectivity index (χ0n) is 18.4. The van der Waals surface area contributed by atoms with Gasteiger partial charge in [0.05, 0.1) is 5.56 Å². The predicted molar refractivity (Wildman–Crippen MR) is 131 cm³/mol. The predicted octanol–water partition coefficient (Wildman–Crippen LogP) is 5.77. The minimum Gasteiger partial charge on any atom is -0.459 e. The number of aliphatic hydroxyl groups excluding tert-OH is 1. The smallest absolute Gasteiger partial charge is 0.344 e. The van der Waals surface area contributed by atoms with Crippen LogP contribution >= 0.6 is 0 Å². The number of fused-ring (bicyclic) bond motifs is 1. The van der Waals surface area contributed by atoms with Crippen molar-refractivity contribution >= 4 is 22.6 Å². The van der Waals surface area contributed by atoms with Crippen molar-refractivity contribution in [3.05, 3.63) is 112 Å². The molecule has 0 aliphatic rings. The molecule has 0 fully saturated rings. The molecule has 0 spiro atoms. The van der Waals surface area contributed by atoms with Crippen LogP contribution in [0.15, 0.2) is 98.6 Å². The third-order valence-electron chi connectivity index (χ3n) is 5.64. The van der Waals surface area contributed by atoms with Gasteiger partial charge in [-0.15, -0.1) is 0 Å². The largest absolute Gasteiger partial charge is 0.459 e. The van der Waals surface area contributed by atoms with Crippen LogP contribution in [0.1, 0.15) is 21.7 Å². The van der Waals surface area contributed by atoms with Crippen LogP contribution in [0.5, 0.6) is 0 Å². The fraction of sp³-hybridized carbons (Fsp3) is 0.0714. The van der Waals surface area contributed by atoms with E-state index >= 15 is 0 Å². The molecule has 6 nitrogen and oxygen atoms in total. The van der Waals surface area contributed by atoms with Crippen molar-refractivity contribution in [3.63, 3.8) is 0 Å². The molecule has 34 heavy (non-hydrogen) atoms. The second-order valence-corrected chi connectivity index (χ2v) is 7.97. The van der Waals surface area contributed by atoms with Gasteiger partial charge in [-0.1, -0.05) is 30.3 Å². The number of carbonyl (C=O) groups excluding carboxylic acids is 1. The molecule has 0 bridgehead atoms. The van der Waals surface area contributed by atoms with Gasteiger partial charge in [0.1, 0.15) is 23.7 Å². The molecule has 0 atom stereocenters. The van der Waals surface area contributed by atoms with Crippen LogP contribution in [0.3, 0.4) is 0 Å². The summed E-state index contributed by atoms with van der Waals surface area (Å²) >= 11 is 0. The Hall–Kier alpha value is -4.42. The first-order valence-electron chi connectivity index (χ1n) is 10.8. The lowest BCUT2D eigenvalue weighted by Crippen LogP contribution is -2.12. The fourth-order valence-electron chi connectivity index (χ4n) is 3.92. The molecule has 0 saturated carbocycles. The highest BCUT2D eigenvalue weighted by molar-refractivity contribution is 6.05. The molecule has 0 saturated heterocycles. The molecule has 2 heterocycles. The highest BCUT2D eigenvalue weighted by Crippen LogP contribution is 2.28. The summed E-state index contributed by atoms with van der Waals surface area (Å²) in [6.07, 6.45) is 0. The SMILES string of the molecule is Cc1cc(NC(=O)c2cccc(-c3cc4ccccc4oc3=O)c2)ccc1-c1ccc(CO)o1. The molecule has 0 aliphatic heterocycles. The van der Waals surface area contributed by atoms with Crippen molar-refractivity contribution in [1.29, 1.82) is 0 Å². The number of para-hydroxylation sites is 1. The summed E-state index contributed by atoms with van der Waals surface area (Å²) in [5, 5.41) is 12.9. The highest BCUT2D eigenvalue weighted by Gasteiger charge is 2.13. The second-order valence-electron chi connectivity index (χ2n) is 7.97. The van der Waals surface area contributed by atoms with Gasteiger partial charge in [0.15, 0.2) is 0 Å². The number of benzene rings is 3. The maximum Gasteiger partial charge on any atom is 0.344 e. The highest BCUT2D eigenvalue weighted by atomic mass is 16.4. The Labute approximate surface area is 195 Å². The number of amides is 1. The lowest BCUT2D eigenvalue weighted by molar-refractivity contribution is 0.102. The van der Waals surface area contributed by atoms with Crippen molar-refractivity contribution in [3.8, 4) is 22.5 Å². The monoisotopic (exact) mass is 451 g/mol. The molecule has 0 aliphatic carbocycles. The first-order chi connectivity index (χ1) is 16.5. The molecule has 0 unspecified atom stereocenters. The summed E-state index contributed by atoms with van der Waals surface area (Å²) in [7, 11) is 0. The second kappa shape index (κ2) is 8.84.